The highest BCUT2D eigenvalue weighted by Gasteiger charge is 2.32. The van der Waals surface area contributed by atoms with Crippen molar-refractivity contribution < 1.29 is 21.6 Å². The van der Waals surface area contributed by atoms with Crippen LogP contribution in [0.25, 0.3) is 0 Å². The predicted molar refractivity (Wildman–Crippen MR) is 64.9 cm³/mol. The maximum atomic E-state index is 12.5. The summed E-state index contributed by atoms with van der Waals surface area (Å²) in [6, 6.07) is 3.22. The normalized spacial score (nSPS) is 14.7. The summed E-state index contributed by atoms with van der Waals surface area (Å²) in [6.07, 6.45) is -4.58. The molecule has 0 saturated heterocycles. The van der Waals surface area contributed by atoms with Gasteiger partial charge in [0.25, 0.3) is 0 Å². The molecule has 19 heavy (non-hydrogen) atoms. The van der Waals surface area contributed by atoms with Crippen molar-refractivity contribution in [3.63, 3.8) is 0 Å². The molecule has 0 aliphatic carbocycles. The molecule has 8 heteroatoms. The topological polar surface area (TPSA) is 63.4 Å². The average Bonchev–Trinajstić information content (AvgIpc) is 2.27. The van der Waals surface area contributed by atoms with Crippen molar-refractivity contribution in [1.82, 2.24) is 4.31 Å². The molecule has 1 atom stereocenters. The number of hydrogen-bond donors (Lipinski definition) is 1. The third kappa shape index (κ3) is 3.92. The molecule has 2 N–H and O–H groups in total. The van der Waals surface area contributed by atoms with Gasteiger partial charge in [-0.2, -0.15) is 17.5 Å². The number of hydrogen-bond acceptors (Lipinski definition) is 3. The van der Waals surface area contributed by atoms with Crippen molar-refractivity contribution in [3.05, 3.63) is 29.8 Å². The van der Waals surface area contributed by atoms with E-state index in [-0.39, 0.29) is 6.54 Å². The molecule has 4 nitrogen and oxygen atoms in total. The molecule has 0 aliphatic heterocycles. The Kier molecular flexibility index (Phi) is 4.59. The molecule has 0 spiro atoms. The zero-order valence-electron chi connectivity index (χ0n) is 10.5. The first-order valence-corrected chi connectivity index (χ1v) is 6.88. The van der Waals surface area contributed by atoms with E-state index in [1.54, 1.807) is 6.92 Å². The van der Waals surface area contributed by atoms with Crippen LogP contribution in [0.15, 0.2) is 29.2 Å². The van der Waals surface area contributed by atoms with Gasteiger partial charge in [0.15, 0.2) is 0 Å². The molecule has 0 fully saturated rings. The van der Waals surface area contributed by atoms with Gasteiger partial charge in [0, 0.05) is 19.6 Å². The molecule has 1 aromatic rings. The van der Waals surface area contributed by atoms with Crippen LogP contribution in [0.1, 0.15) is 12.5 Å². The third-order valence-electron chi connectivity index (χ3n) is 2.41. The Balaban J connectivity index is 3.16. The van der Waals surface area contributed by atoms with Crippen molar-refractivity contribution in [1.29, 1.82) is 0 Å². The Hall–Kier alpha value is -1.12. The molecule has 108 valence electrons. The quantitative estimate of drug-likeness (QED) is 0.919. The summed E-state index contributed by atoms with van der Waals surface area (Å²) >= 11 is 0. The van der Waals surface area contributed by atoms with Crippen LogP contribution in [-0.4, -0.2) is 32.4 Å². The lowest BCUT2D eigenvalue weighted by Crippen LogP contribution is -2.37. The van der Waals surface area contributed by atoms with Crippen LogP contribution in [0.4, 0.5) is 13.2 Å². The number of alkyl halides is 3. The average molecular weight is 296 g/mol. The summed E-state index contributed by atoms with van der Waals surface area (Å²) in [5.41, 5.74) is 4.48. The fourth-order valence-corrected chi connectivity index (χ4v) is 2.83. The summed E-state index contributed by atoms with van der Waals surface area (Å²) < 4.78 is 62.7. The molecule has 0 bridgehead atoms. The second-order valence-corrected chi connectivity index (χ2v) is 6.33. The van der Waals surface area contributed by atoms with Gasteiger partial charge in [-0.3, -0.25) is 0 Å². The van der Waals surface area contributed by atoms with E-state index in [1.165, 1.54) is 7.05 Å². The molecule has 1 unspecified atom stereocenters. The van der Waals surface area contributed by atoms with Gasteiger partial charge in [-0.1, -0.05) is 6.07 Å². The third-order valence-corrected chi connectivity index (χ3v) is 4.23. The number of nitrogens with two attached hydrogens (primary N) is 1. The molecule has 0 heterocycles. The molecule has 0 radical (unpaired) electrons. The van der Waals surface area contributed by atoms with Gasteiger partial charge in [-0.25, -0.2) is 8.42 Å². The van der Waals surface area contributed by atoms with Gasteiger partial charge in [0.05, 0.1) is 10.5 Å². The van der Waals surface area contributed by atoms with E-state index < -0.39 is 32.7 Å². The minimum absolute atomic E-state index is 0.0264. The standard InChI is InChI=1S/C11H15F3N2O2S/c1-8(15)7-16(2)19(17,18)10-5-3-4-9(6-10)11(12,13)14/h3-6,8H,7,15H2,1-2H3. The molecule has 0 saturated carbocycles. The highest BCUT2D eigenvalue weighted by atomic mass is 32.2. The second kappa shape index (κ2) is 5.48. The van der Waals surface area contributed by atoms with E-state index in [9.17, 15) is 21.6 Å². The van der Waals surface area contributed by atoms with Crippen molar-refractivity contribution in [2.45, 2.75) is 24.0 Å². The van der Waals surface area contributed by atoms with Gasteiger partial charge in [-0.15, -0.1) is 0 Å². The monoisotopic (exact) mass is 296 g/mol. The largest absolute Gasteiger partial charge is 0.416 e. The second-order valence-electron chi connectivity index (χ2n) is 4.29. The van der Waals surface area contributed by atoms with E-state index in [0.717, 1.165) is 22.5 Å². The fraction of sp³-hybridized carbons (Fsp3) is 0.455. The zero-order chi connectivity index (χ0) is 14.8. The SMILES string of the molecule is CC(N)CN(C)S(=O)(=O)c1cccc(C(F)(F)F)c1. The number of benzene rings is 1. The molecular formula is C11H15F3N2O2S. The maximum Gasteiger partial charge on any atom is 0.416 e. The van der Waals surface area contributed by atoms with E-state index in [4.69, 9.17) is 5.73 Å². The molecular weight excluding hydrogens is 281 g/mol. The highest BCUT2D eigenvalue weighted by molar-refractivity contribution is 7.89. The molecule has 0 aliphatic rings. The lowest BCUT2D eigenvalue weighted by Gasteiger charge is -2.19. The summed E-state index contributed by atoms with van der Waals surface area (Å²) in [4.78, 5) is -0.398. The van der Waals surface area contributed by atoms with Gasteiger partial charge in [-0.05, 0) is 25.1 Å². The Morgan fingerprint density at radius 1 is 1.37 bits per heavy atom. The smallest absolute Gasteiger partial charge is 0.327 e. The summed E-state index contributed by atoms with van der Waals surface area (Å²) in [5.74, 6) is 0. The molecule has 0 amide bonds. The first-order chi connectivity index (χ1) is 8.55. The molecule has 1 rings (SSSR count). The van der Waals surface area contributed by atoms with Crippen LogP contribution in [0, 0.1) is 0 Å². The van der Waals surface area contributed by atoms with E-state index in [1.807, 2.05) is 0 Å². The first-order valence-electron chi connectivity index (χ1n) is 5.44. The Bertz CT molecular complexity index is 541. The first kappa shape index (κ1) is 15.9. The number of likely N-dealkylation sites (N-methyl/N-ethyl adjacent to an activating group) is 1. The summed E-state index contributed by atoms with van der Waals surface area (Å²) in [6.45, 7) is 1.64. The lowest BCUT2D eigenvalue weighted by atomic mass is 10.2. The van der Waals surface area contributed by atoms with Crippen LogP contribution in [0.2, 0.25) is 0 Å². The van der Waals surface area contributed by atoms with Gasteiger partial charge in [0.1, 0.15) is 0 Å². The van der Waals surface area contributed by atoms with Gasteiger partial charge >= 0.3 is 6.18 Å². The van der Waals surface area contributed by atoms with Gasteiger partial charge < -0.3 is 5.73 Å². The lowest BCUT2D eigenvalue weighted by molar-refractivity contribution is -0.137. The Morgan fingerprint density at radius 2 is 1.95 bits per heavy atom. The predicted octanol–water partition coefficient (Wildman–Crippen LogP) is 1.67. The summed E-state index contributed by atoms with van der Waals surface area (Å²) in [5, 5.41) is 0. The number of rotatable bonds is 4. The van der Waals surface area contributed by atoms with Crippen molar-refractivity contribution in [2.75, 3.05) is 13.6 Å². The number of nitrogens with zero attached hydrogens (tertiary/aromatic N) is 1. The minimum Gasteiger partial charge on any atom is -0.327 e. The van der Waals surface area contributed by atoms with E-state index >= 15 is 0 Å². The maximum absolute atomic E-state index is 12.5. The van der Waals surface area contributed by atoms with Crippen molar-refractivity contribution in [3.8, 4) is 0 Å². The number of halogens is 3. The molecule has 0 aromatic heterocycles. The van der Waals surface area contributed by atoms with E-state index in [2.05, 4.69) is 0 Å². The number of sulfonamides is 1. The van der Waals surface area contributed by atoms with Crippen LogP contribution in [-0.2, 0) is 16.2 Å². The Morgan fingerprint density at radius 3 is 2.42 bits per heavy atom. The van der Waals surface area contributed by atoms with Crippen LogP contribution < -0.4 is 5.73 Å². The van der Waals surface area contributed by atoms with E-state index in [0.29, 0.717) is 6.07 Å². The summed E-state index contributed by atoms with van der Waals surface area (Å²) in [7, 11) is -2.69. The van der Waals surface area contributed by atoms with Crippen LogP contribution in [0.3, 0.4) is 0 Å². The van der Waals surface area contributed by atoms with Crippen LogP contribution in [0.5, 0.6) is 0 Å². The minimum atomic E-state index is -4.58. The van der Waals surface area contributed by atoms with Gasteiger partial charge in [0.2, 0.25) is 10.0 Å². The Labute approximate surface area is 110 Å². The van der Waals surface area contributed by atoms with Crippen molar-refractivity contribution >= 4 is 10.0 Å². The molecule has 1 aromatic carbocycles. The fourth-order valence-electron chi connectivity index (χ4n) is 1.52. The zero-order valence-corrected chi connectivity index (χ0v) is 11.3. The van der Waals surface area contributed by atoms with Crippen molar-refractivity contribution in [2.24, 2.45) is 5.73 Å². The highest BCUT2D eigenvalue weighted by Crippen LogP contribution is 2.30. The van der Waals surface area contributed by atoms with Crippen LogP contribution >= 0.6 is 0 Å².